The van der Waals surface area contributed by atoms with Crippen molar-refractivity contribution in [2.24, 2.45) is 5.92 Å². The van der Waals surface area contributed by atoms with Gasteiger partial charge in [0.05, 0.1) is 49.9 Å². The van der Waals surface area contributed by atoms with Gasteiger partial charge < -0.3 is 19.3 Å². The smallest absolute Gasteiger partial charge is 0.292 e. The van der Waals surface area contributed by atoms with Crippen molar-refractivity contribution in [3.8, 4) is 17.2 Å². The van der Waals surface area contributed by atoms with Crippen molar-refractivity contribution in [2.45, 2.75) is 44.7 Å². The molecule has 7 aromatic rings. The summed E-state index contributed by atoms with van der Waals surface area (Å²) in [4.78, 5) is 33.8. The topological polar surface area (TPSA) is 164 Å². The molecule has 3 atom stereocenters. The van der Waals surface area contributed by atoms with Gasteiger partial charge in [-0.3, -0.25) is 23.9 Å². The number of fused-ring (bicyclic) bond motifs is 3. The number of nitrogens with zero attached hydrogens (tertiary/aromatic N) is 5. The third kappa shape index (κ3) is 8.74. The van der Waals surface area contributed by atoms with Gasteiger partial charge in [0.2, 0.25) is 11.7 Å². The molecule has 8 rings (SSSR count). The number of H-pyrrole nitrogens is 1. The van der Waals surface area contributed by atoms with Crippen molar-refractivity contribution in [1.82, 2.24) is 34.8 Å². The first kappa shape index (κ1) is 43.4. The second kappa shape index (κ2) is 17.5. The van der Waals surface area contributed by atoms with Crippen LogP contribution in [0, 0.1) is 17.6 Å². The summed E-state index contributed by atoms with van der Waals surface area (Å²) < 4.78 is 117. The fourth-order valence-corrected chi connectivity index (χ4v) is 8.31. The zero-order valence-electron chi connectivity index (χ0n) is 33.1. The van der Waals surface area contributed by atoms with Crippen molar-refractivity contribution in [3.63, 3.8) is 0 Å². The quantitative estimate of drug-likeness (QED) is 0.0528. The molecule has 0 spiro atoms. The monoisotopic (exact) mass is 912 g/mol. The van der Waals surface area contributed by atoms with Gasteiger partial charge in [-0.2, -0.15) is 23.7 Å². The number of carbonyl (C=O) groups is 1. The van der Waals surface area contributed by atoms with E-state index in [0.29, 0.717) is 16.5 Å². The maximum atomic E-state index is 15.5. The summed E-state index contributed by atoms with van der Waals surface area (Å²) in [6.07, 6.45) is -2.70. The van der Waals surface area contributed by atoms with E-state index in [1.165, 1.54) is 43.5 Å². The predicted molar refractivity (Wildman–Crippen MR) is 222 cm³/mol. The molecule has 13 nitrogen and oxygen atoms in total. The number of alkyl halides is 4. The lowest BCUT2D eigenvalue weighted by Crippen LogP contribution is -2.38. The fourth-order valence-electron chi connectivity index (χ4n) is 7.65. The van der Waals surface area contributed by atoms with Gasteiger partial charge in [-0.25, -0.2) is 22.5 Å². The fraction of sp³-hybridized carbons (Fsp3) is 0.262. The van der Waals surface area contributed by atoms with Crippen LogP contribution >= 0.6 is 11.6 Å². The number of rotatable bonds is 15. The van der Waals surface area contributed by atoms with Gasteiger partial charge in [0.1, 0.15) is 66.4 Å². The highest BCUT2D eigenvalue weighted by Crippen LogP contribution is 2.48. The molecule has 0 aliphatic heterocycles. The number of aromatic nitrogens is 6. The van der Waals surface area contributed by atoms with E-state index in [1.807, 2.05) is 18.2 Å². The van der Waals surface area contributed by atoms with E-state index in [-0.39, 0.29) is 74.2 Å². The van der Waals surface area contributed by atoms with E-state index in [4.69, 9.17) is 26.1 Å². The number of benzene rings is 4. The zero-order valence-corrected chi connectivity index (χ0v) is 34.7. The molecule has 1 aliphatic carbocycles. The van der Waals surface area contributed by atoms with Gasteiger partial charge in [0, 0.05) is 30.0 Å². The summed E-state index contributed by atoms with van der Waals surface area (Å²) in [5.74, 6) is -7.23. The highest BCUT2D eigenvalue weighted by molar-refractivity contribution is 7.92. The Balaban J connectivity index is 1.26. The van der Waals surface area contributed by atoms with Crippen LogP contribution in [0.3, 0.4) is 0 Å². The van der Waals surface area contributed by atoms with Gasteiger partial charge in [-0.1, -0.05) is 36.7 Å². The number of nitrogens with one attached hydrogen (secondary N) is 3. The average molecular weight is 913 g/mol. The molecule has 2 unspecified atom stereocenters. The summed E-state index contributed by atoms with van der Waals surface area (Å²) >= 11 is 4.98. The summed E-state index contributed by atoms with van der Waals surface area (Å²) in [6.45, 7) is 0.448. The van der Waals surface area contributed by atoms with E-state index in [0.717, 1.165) is 16.7 Å². The molecule has 21 heteroatoms. The average Bonchev–Trinajstić information content (AvgIpc) is 3.88. The van der Waals surface area contributed by atoms with Gasteiger partial charge in [-0.05, 0) is 60.5 Å². The number of halogens is 7. The maximum Gasteiger partial charge on any atom is 0.292 e. The molecule has 63 heavy (non-hydrogen) atoms. The molecule has 3 aromatic heterocycles. The third-order valence-electron chi connectivity index (χ3n) is 10.4. The Morgan fingerprint density at radius 3 is 2.44 bits per heavy atom. The maximum absolute atomic E-state index is 15.5. The van der Waals surface area contributed by atoms with Gasteiger partial charge >= 0.3 is 0 Å². The molecule has 0 fully saturated rings. The number of aromatic amines is 1. The lowest BCUT2D eigenvalue weighted by Gasteiger charge is -2.24. The van der Waals surface area contributed by atoms with Crippen LogP contribution in [-0.2, 0) is 41.5 Å². The van der Waals surface area contributed by atoms with Crippen molar-refractivity contribution in [3.05, 3.63) is 134 Å². The van der Waals surface area contributed by atoms with E-state index in [1.54, 1.807) is 12.1 Å². The van der Waals surface area contributed by atoms with Crippen LogP contribution in [-0.4, -0.2) is 59.5 Å². The Morgan fingerprint density at radius 2 is 1.75 bits per heavy atom. The van der Waals surface area contributed by atoms with Crippen molar-refractivity contribution >= 4 is 56.5 Å². The second-order valence-electron chi connectivity index (χ2n) is 14.7. The first-order valence-electron chi connectivity index (χ1n) is 19.2. The highest BCUT2D eigenvalue weighted by atomic mass is 35.5. The van der Waals surface area contributed by atoms with E-state index in [2.05, 4.69) is 25.3 Å². The minimum atomic E-state index is -3.61. The van der Waals surface area contributed by atoms with Crippen molar-refractivity contribution < 1.29 is 45.2 Å². The molecule has 4 aromatic carbocycles. The van der Waals surface area contributed by atoms with Crippen LogP contribution in [0.2, 0.25) is 5.02 Å². The first-order chi connectivity index (χ1) is 30.1. The molecule has 0 radical (unpaired) electrons. The number of hydrogen-bond acceptors (Lipinski definition) is 9. The molecule has 3 N–H and O–H groups in total. The molecule has 0 bridgehead atoms. The van der Waals surface area contributed by atoms with Crippen LogP contribution in [0.15, 0.2) is 83.7 Å². The summed E-state index contributed by atoms with van der Waals surface area (Å²) in [6, 6.07) is 17.5. The number of ether oxygens (including phenoxy) is 2. The Bertz CT molecular complexity index is 2890. The molecule has 0 saturated carbocycles. The molecule has 1 aliphatic rings. The van der Waals surface area contributed by atoms with E-state index in [9.17, 15) is 31.7 Å². The molecular formula is C42H35ClF6N8O5S. The Morgan fingerprint density at radius 1 is 1.03 bits per heavy atom. The van der Waals surface area contributed by atoms with E-state index >= 15 is 8.78 Å². The normalized spacial score (nSPS) is 15.4. The number of para-hydroxylation sites is 1. The number of hydrogen-bond donors (Lipinski definition) is 3. The van der Waals surface area contributed by atoms with Crippen molar-refractivity contribution in [2.75, 3.05) is 24.2 Å². The minimum absolute atomic E-state index is 0.0192. The standard InChI is InChI=1S/C42H35ClF6N8O5S/c1-21-14-28-35(38(46)47)54-56(37(28)42(21,48)49)20-33(58)50-31(17-22-15-23(44)18-24(45)16-22)40-51-30-19-26(62-13-12-61-25-6-4-3-5-7-25)8-9-27(30)41(59)57(40)32-11-10-29(43)34-36(32)52-53-39(34)55-63(2)60/h3-11,15-16,18-19,21,31,38H,12-14,17,20H2,1-2H3,(H,50,58)(H2,52,53,55)/t21-,31?,63?/m0/s1. The second-order valence-corrected chi connectivity index (χ2v) is 16.3. The zero-order chi connectivity index (χ0) is 44.7. The van der Waals surface area contributed by atoms with Gasteiger partial charge in [0.15, 0.2) is 0 Å². The first-order valence-corrected chi connectivity index (χ1v) is 21.2. The van der Waals surface area contributed by atoms with Gasteiger partial charge in [-0.15, -0.1) is 0 Å². The lowest BCUT2D eigenvalue weighted by atomic mass is 10.0. The Hall–Kier alpha value is -6.25. The summed E-state index contributed by atoms with van der Waals surface area (Å²) in [5, 5.41) is 13.8. The Kier molecular flexibility index (Phi) is 12.0. The molecule has 0 saturated heterocycles. The molecular weight excluding hydrogens is 878 g/mol. The van der Waals surface area contributed by atoms with E-state index < -0.39 is 89.5 Å². The Labute approximate surface area is 361 Å². The number of anilines is 1. The SMILES string of the molecule is C[C@H]1Cc2c(C(F)F)nn(CC(=O)NC(Cc3cc(F)cc(F)c3)c3nc4cc(OCCOc5ccccc5)ccc4c(=O)n3-c3ccc(Cl)c4c(N[S+](C)[O-])n[nH]c34)c2C1(F)F. The third-order valence-corrected chi connectivity index (χ3v) is 11.2. The highest BCUT2D eigenvalue weighted by Gasteiger charge is 2.51. The minimum Gasteiger partial charge on any atom is -0.593 e. The predicted octanol–water partition coefficient (Wildman–Crippen LogP) is 7.88. The molecule has 328 valence electrons. The lowest BCUT2D eigenvalue weighted by molar-refractivity contribution is -0.123. The van der Waals surface area contributed by atoms with Crippen LogP contribution in [0.5, 0.6) is 11.5 Å². The summed E-state index contributed by atoms with van der Waals surface area (Å²) in [7, 11) is 0. The number of carbonyl (C=O) groups excluding carboxylic acids is 1. The molecule has 1 amide bonds. The van der Waals surface area contributed by atoms with Gasteiger partial charge in [0.25, 0.3) is 17.9 Å². The largest absolute Gasteiger partial charge is 0.593 e. The summed E-state index contributed by atoms with van der Waals surface area (Å²) in [5.41, 5.74) is -2.54. The molecule has 3 heterocycles. The number of amides is 1. The van der Waals surface area contributed by atoms with Crippen LogP contribution in [0.1, 0.15) is 47.7 Å². The van der Waals surface area contributed by atoms with Crippen LogP contribution < -0.4 is 25.1 Å². The van der Waals surface area contributed by atoms with Crippen molar-refractivity contribution in [1.29, 1.82) is 0 Å². The van der Waals surface area contributed by atoms with Crippen LogP contribution in [0.4, 0.5) is 32.2 Å². The van der Waals surface area contributed by atoms with Crippen LogP contribution in [0.25, 0.3) is 27.5 Å².